The van der Waals surface area contributed by atoms with Gasteiger partial charge in [0.15, 0.2) is 11.5 Å². The summed E-state index contributed by atoms with van der Waals surface area (Å²) in [7, 11) is 0. The summed E-state index contributed by atoms with van der Waals surface area (Å²) in [6.45, 7) is 2.05. The van der Waals surface area contributed by atoms with Crippen molar-refractivity contribution in [2.45, 2.75) is 25.7 Å². The number of nitrogens with zero attached hydrogens (tertiary/aromatic N) is 2. The highest BCUT2D eigenvalue weighted by molar-refractivity contribution is 5.91. The standard InChI is InChI=1S/C10H8N2O2.C8H13NO.H2/c11-10(13)8-6-9(14-12-8)7-4-2-1-3-5-7;10-8(7-3-1-4-7)9-5-2-6-9;/h1-6H,(H2,11,13);7H,1-6H2;1H. The molecular formula is C18H23N3O3. The van der Waals surface area contributed by atoms with Crippen LogP contribution in [0.3, 0.4) is 0 Å². The molecule has 1 saturated heterocycles. The van der Waals surface area contributed by atoms with Crippen molar-refractivity contribution in [3.8, 4) is 11.3 Å². The average molecular weight is 329 g/mol. The Morgan fingerprint density at radius 1 is 1.17 bits per heavy atom. The fourth-order valence-electron chi connectivity index (χ4n) is 2.58. The quantitative estimate of drug-likeness (QED) is 0.937. The lowest BCUT2D eigenvalue weighted by molar-refractivity contribution is -0.141. The maximum Gasteiger partial charge on any atom is 0.270 e. The molecule has 0 radical (unpaired) electrons. The monoisotopic (exact) mass is 329 g/mol. The molecule has 1 aliphatic heterocycles. The number of likely N-dealkylation sites (tertiary alicyclic amines) is 1. The van der Waals surface area contributed by atoms with Gasteiger partial charge in [-0.1, -0.05) is 41.9 Å². The number of hydrogen-bond donors (Lipinski definition) is 1. The highest BCUT2D eigenvalue weighted by Gasteiger charge is 2.31. The predicted octanol–water partition coefficient (Wildman–Crippen LogP) is 2.71. The van der Waals surface area contributed by atoms with Gasteiger partial charge < -0.3 is 15.2 Å². The van der Waals surface area contributed by atoms with E-state index in [0.717, 1.165) is 31.5 Å². The molecule has 6 nitrogen and oxygen atoms in total. The Kier molecular flexibility index (Phi) is 4.93. The zero-order chi connectivity index (χ0) is 16.9. The Morgan fingerprint density at radius 2 is 1.88 bits per heavy atom. The van der Waals surface area contributed by atoms with Crippen molar-refractivity contribution in [1.29, 1.82) is 0 Å². The van der Waals surface area contributed by atoms with E-state index in [-0.39, 0.29) is 7.12 Å². The van der Waals surface area contributed by atoms with Crippen LogP contribution in [0.15, 0.2) is 40.9 Å². The molecule has 0 bridgehead atoms. The number of rotatable bonds is 3. The van der Waals surface area contributed by atoms with Gasteiger partial charge in [-0.05, 0) is 19.3 Å². The third-order valence-electron chi connectivity index (χ3n) is 4.44. The minimum atomic E-state index is -0.587. The number of aromatic nitrogens is 1. The van der Waals surface area contributed by atoms with E-state index in [9.17, 15) is 9.59 Å². The molecule has 2 aromatic rings. The fourth-order valence-corrected chi connectivity index (χ4v) is 2.58. The Balaban J connectivity index is 0.000000182. The second kappa shape index (κ2) is 7.29. The van der Waals surface area contributed by atoms with Crippen molar-refractivity contribution in [2.75, 3.05) is 13.1 Å². The van der Waals surface area contributed by atoms with Crippen molar-refractivity contribution < 1.29 is 15.5 Å². The lowest BCUT2D eigenvalue weighted by Gasteiger charge is -2.36. The molecule has 0 unspecified atom stereocenters. The summed E-state index contributed by atoms with van der Waals surface area (Å²) in [5, 5.41) is 3.54. The number of carbonyl (C=O) groups is 2. The second-order valence-corrected chi connectivity index (χ2v) is 6.11. The summed E-state index contributed by atoms with van der Waals surface area (Å²) in [5.41, 5.74) is 6.05. The van der Waals surface area contributed by atoms with Gasteiger partial charge in [0.25, 0.3) is 5.91 Å². The van der Waals surface area contributed by atoms with E-state index in [4.69, 9.17) is 10.3 Å². The van der Waals surface area contributed by atoms with Crippen LogP contribution < -0.4 is 5.73 Å². The van der Waals surface area contributed by atoms with Gasteiger partial charge in [0.05, 0.1) is 0 Å². The van der Waals surface area contributed by atoms with Crippen molar-refractivity contribution in [3.63, 3.8) is 0 Å². The van der Waals surface area contributed by atoms with Crippen LogP contribution in [0.4, 0.5) is 0 Å². The summed E-state index contributed by atoms with van der Waals surface area (Å²) in [6.07, 6.45) is 4.79. The van der Waals surface area contributed by atoms with Crippen molar-refractivity contribution in [3.05, 3.63) is 42.1 Å². The van der Waals surface area contributed by atoms with E-state index in [1.807, 2.05) is 35.2 Å². The normalized spacial score (nSPS) is 16.4. The smallest absolute Gasteiger partial charge is 0.270 e. The van der Waals surface area contributed by atoms with Gasteiger partial charge in [0.2, 0.25) is 5.91 Å². The Bertz CT molecular complexity index is 693. The molecule has 128 valence electrons. The van der Waals surface area contributed by atoms with Gasteiger partial charge >= 0.3 is 0 Å². The third kappa shape index (κ3) is 3.64. The number of nitrogens with two attached hydrogens (primary N) is 1. The molecule has 0 atom stereocenters. The summed E-state index contributed by atoms with van der Waals surface area (Å²) >= 11 is 0. The Labute approximate surface area is 142 Å². The first-order chi connectivity index (χ1) is 11.6. The molecule has 1 aliphatic carbocycles. The van der Waals surface area contributed by atoms with Crippen LogP contribution in [-0.2, 0) is 4.79 Å². The SMILES string of the molecule is NC(=O)c1cc(-c2ccccc2)on1.O=C(C1CCC1)N1CCC1.[HH]. The van der Waals surface area contributed by atoms with Crippen molar-refractivity contribution >= 4 is 11.8 Å². The van der Waals surface area contributed by atoms with E-state index in [1.54, 1.807) is 0 Å². The minimum Gasteiger partial charge on any atom is -0.364 e. The zero-order valence-electron chi connectivity index (χ0n) is 13.5. The van der Waals surface area contributed by atoms with Gasteiger partial charge in [-0.15, -0.1) is 0 Å². The van der Waals surface area contributed by atoms with Gasteiger partial charge in [0, 0.05) is 32.1 Å². The Morgan fingerprint density at radius 3 is 2.33 bits per heavy atom. The summed E-state index contributed by atoms with van der Waals surface area (Å²) in [4.78, 5) is 24.1. The van der Waals surface area contributed by atoms with Crippen molar-refractivity contribution in [1.82, 2.24) is 10.1 Å². The van der Waals surface area contributed by atoms with Crippen LogP contribution in [0.2, 0.25) is 0 Å². The van der Waals surface area contributed by atoms with E-state index in [0.29, 0.717) is 17.6 Å². The number of benzene rings is 1. The summed E-state index contributed by atoms with van der Waals surface area (Å²) in [6, 6.07) is 10.9. The fraction of sp³-hybridized carbons (Fsp3) is 0.389. The number of hydrogen-bond acceptors (Lipinski definition) is 4. The van der Waals surface area contributed by atoms with E-state index >= 15 is 0 Å². The zero-order valence-corrected chi connectivity index (χ0v) is 13.5. The van der Waals surface area contributed by atoms with E-state index in [1.165, 1.54) is 18.9 Å². The molecule has 2 N–H and O–H groups in total. The van der Waals surface area contributed by atoms with Crippen LogP contribution in [0, 0.1) is 5.92 Å². The molecule has 6 heteroatoms. The first-order valence-corrected chi connectivity index (χ1v) is 8.26. The lowest BCUT2D eigenvalue weighted by atomic mass is 9.84. The maximum atomic E-state index is 11.3. The molecule has 1 aromatic carbocycles. The minimum absolute atomic E-state index is 0. The highest BCUT2D eigenvalue weighted by atomic mass is 16.5. The predicted molar refractivity (Wildman–Crippen MR) is 91.1 cm³/mol. The largest absolute Gasteiger partial charge is 0.364 e. The van der Waals surface area contributed by atoms with Gasteiger partial charge in [-0.3, -0.25) is 9.59 Å². The molecule has 2 heterocycles. The molecule has 1 aromatic heterocycles. The second-order valence-electron chi connectivity index (χ2n) is 6.11. The van der Waals surface area contributed by atoms with Crippen LogP contribution in [0.25, 0.3) is 11.3 Å². The maximum absolute atomic E-state index is 11.3. The molecule has 2 fully saturated rings. The molecule has 2 aliphatic rings. The third-order valence-corrected chi connectivity index (χ3v) is 4.44. The molecule has 24 heavy (non-hydrogen) atoms. The van der Waals surface area contributed by atoms with Crippen molar-refractivity contribution in [2.24, 2.45) is 11.7 Å². The molecule has 4 rings (SSSR count). The van der Waals surface area contributed by atoms with Crippen LogP contribution >= 0.6 is 0 Å². The summed E-state index contributed by atoms with van der Waals surface area (Å²) in [5.74, 6) is 0.799. The van der Waals surface area contributed by atoms with Crippen LogP contribution in [0.5, 0.6) is 0 Å². The Hall–Kier alpha value is -2.63. The van der Waals surface area contributed by atoms with Gasteiger partial charge in [-0.2, -0.15) is 0 Å². The number of primary amides is 1. The first kappa shape index (κ1) is 16.2. The van der Waals surface area contributed by atoms with E-state index in [2.05, 4.69) is 5.16 Å². The molecule has 0 spiro atoms. The lowest BCUT2D eigenvalue weighted by Crippen LogP contribution is -2.46. The first-order valence-electron chi connectivity index (χ1n) is 8.26. The molecule has 2 amide bonds. The topological polar surface area (TPSA) is 89.4 Å². The highest BCUT2D eigenvalue weighted by Crippen LogP contribution is 2.29. The van der Waals surface area contributed by atoms with Crippen LogP contribution in [-0.4, -0.2) is 35.0 Å². The average Bonchev–Trinajstić information content (AvgIpc) is 2.95. The summed E-state index contributed by atoms with van der Waals surface area (Å²) < 4.78 is 4.96. The number of amides is 2. The molecular weight excluding hydrogens is 306 g/mol. The van der Waals surface area contributed by atoms with Crippen LogP contribution in [0.1, 0.15) is 37.6 Å². The molecule has 1 saturated carbocycles. The number of carbonyl (C=O) groups excluding carboxylic acids is 2. The van der Waals surface area contributed by atoms with Gasteiger partial charge in [0.1, 0.15) is 0 Å². The van der Waals surface area contributed by atoms with E-state index < -0.39 is 5.91 Å². The van der Waals surface area contributed by atoms with Gasteiger partial charge in [-0.25, -0.2) is 0 Å².